The number of nitrogens with one attached hydrogen (secondary N) is 1. The normalized spacial score (nSPS) is 14.9. The van der Waals surface area contributed by atoms with Crippen molar-refractivity contribution in [1.82, 2.24) is 4.90 Å². The number of hydrogen-bond acceptors (Lipinski definition) is 2. The van der Waals surface area contributed by atoms with E-state index in [1.54, 1.807) is 11.0 Å². The molecule has 0 spiro atoms. The molecule has 4 heteroatoms. The first-order valence-electron chi connectivity index (χ1n) is 4.88. The molecule has 4 nitrogen and oxygen atoms in total. The zero-order valence-electron chi connectivity index (χ0n) is 8.36. The fraction of sp³-hybridized carbons (Fsp3) is 0.273. The summed E-state index contributed by atoms with van der Waals surface area (Å²) in [5.41, 5.74) is 7.12. The molecule has 0 unspecified atom stereocenters. The quantitative estimate of drug-likeness (QED) is 0.431. The van der Waals surface area contributed by atoms with Gasteiger partial charge in [-0.2, -0.15) is 0 Å². The average Bonchev–Trinajstić information content (AvgIpc) is 2.24. The molecule has 2 rings (SSSR count). The van der Waals surface area contributed by atoms with Crippen molar-refractivity contribution in [3.8, 4) is 0 Å². The van der Waals surface area contributed by atoms with E-state index in [2.05, 4.69) is 0 Å². The fourth-order valence-corrected chi connectivity index (χ4v) is 1.59. The Bertz CT molecular complexity index is 414. The largest absolute Gasteiger partial charge is 0.384 e. The summed E-state index contributed by atoms with van der Waals surface area (Å²) in [6.07, 6.45) is 0.659. The lowest BCUT2D eigenvalue weighted by atomic mass is 10.1. The van der Waals surface area contributed by atoms with Gasteiger partial charge in [0.25, 0.3) is 0 Å². The lowest BCUT2D eigenvalue weighted by molar-refractivity contribution is -0.140. The number of β-lactam (4-membered cyclic amide) rings is 1. The van der Waals surface area contributed by atoms with Crippen molar-refractivity contribution in [1.29, 1.82) is 5.41 Å². The van der Waals surface area contributed by atoms with E-state index >= 15 is 0 Å². The van der Waals surface area contributed by atoms with E-state index in [9.17, 15) is 4.79 Å². The van der Waals surface area contributed by atoms with Crippen LogP contribution in [0.15, 0.2) is 24.3 Å². The monoisotopic (exact) mass is 203 g/mol. The molecule has 3 N–H and O–H groups in total. The number of benzene rings is 1. The Hall–Kier alpha value is -1.84. The third-order valence-corrected chi connectivity index (χ3v) is 2.56. The van der Waals surface area contributed by atoms with Crippen LogP contribution in [0, 0.1) is 5.41 Å². The molecule has 1 saturated heterocycles. The number of carbonyl (C=O) groups excluding carboxylic acids is 1. The number of amides is 1. The smallest absolute Gasteiger partial charge is 0.224 e. The Morgan fingerprint density at radius 3 is 2.87 bits per heavy atom. The predicted octanol–water partition coefficient (Wildman–Crippen LogP) is 0.703. The van der Waals surface area contributed by atoms with Crippen LogP contribution >= 0.6 is 0 Å². The van der Waals surface area contributed by atoms with Gasteiger partial charge in [0.1, 0.15) is 5.84 Å². The van der Waals surface area contributed by atoms with E-state index in [0.29, 0.717) is 18.5 Å². The molecule has 1 aromatic carbocycles. The van der Waals surface area contributed by atoms with Crippen molar-refractivity contribution in [3.63, 3.8) is 0 Å². The van der Waals surface area contributed by atoms with Gasteiger partial charge in [0.2, 0.25) is 5.91 Å². The highest BCUT2D eigenvalue weighted by atomic mass is 16.2. The van der Waals surface area contributed by atoms with Crippen LogP contribution in [-0.2, 0) is 11.3 Å². The minimum Gasteiger partial charge on any atom is -0.384 e. The van der Waals surface area contributed by atoms with Gasteiger partial charge in [0, 0.05) is 25.1 Å². The topological polar surface area (TPSA) is 70.2 Å². The first-order valence-corrected chi connectivity index (χ1v) is 4.88. The number of nitrogens with two attached hydrogens (primary N) is 1. The van der Waals surface area contributed by atoms with Crippen molar-refractivity contribution < 1.29 is 4.79 Å². The zero-order chi connectivity index (χ0) is 10.8. The van der Waals surface area contributed by atoms with Crippen molar-refractivity contribution in [3.05, 3.63) is 35.4 Å². The first kappa shape index (κ1) is 9.71. The van der Waals surface area contributed by atoms with Gasteiger partial charge in [-0.05, 0) is 11.6 Å². The lowest BCUT2D eigenvalue weighted by Gasteiger charge is -2.30. The van der Waals surface area contributed by atoms with E-state index in [1.165, 1.54) is 0 Å². The van der Waals surface area contributed by atoms with E-state index in [-0.39, 0.29) is 11.7 Å². The summed E-state index contributed by atoms with van der Waals surface area (Å²) in [6.45, 7) is 1.46. The van der Waals surface area contributed by atoms with Crippen molar-refractivity contribution in [2.75, 3.05) is 6.54 Å². The number of rotatable bonds is 3. The Balaban J connectivity index is 2.11. The minimum atomic E-state index is 0.0618. The van der Waals surface area contributed by atoms with Gasteiger partial charge in [-0.25, -0.2) is 0 Å². The van der Waals surface area contributed by atoms with Crippen LogP contribution in [0.4, 0.5) is 0 Å². The molecule has 1 amide bonds. The molecule has 0 bridgehead atoms. The highest BCUT2D eigenvalue weighted by Crippen LogP contribution is 2.14. The summed E-state index contributed by atoms with van der Waals surface area (Å²) in [5.74, 6) is 0.259. The number of likely N-dealkylation sites (tertiary alicyclic amines) is 1. The molecule has 1 aliphatic rings. The molecule has 1 aromatic rings. The SMILES string of the molecule is N=C(N)c1cccc(CN2CCC2=O)c1. The molecule has 0 atom stereocenters. The van der Waals surface area contributed by atoms with Gasteiger partial charge in [-0.3, -0.25) is 10.2 Å². The number of nitrogens with zero attached hydrogens (tertiary/aromatic N) is 1. The van der Waals surface area contributed by atoms with Crippen LogP contribution in [0.5, 0.6) is 0 Å². The Morgan fingerprint density at radius 2 is 2.33 bits per heavy atom. The minimum absolute atomic E-state index is 0.0618. The Morgan fingerprint density at radius 1 is 1.53 bits per heavy atom. The molecule has 1 aliphatic heterocycles. The summed E-state index contributed by atoms with van der Waals surface area (Å²) in [5, 5.41) is 7.31. The van der Waals surface area contributed by atoms with E-state index in [0.717, 1.165) is 12.1 Å². The second-order valence-corrected chi connectivity index (χ2v) is 3.68. The number of hydrogen-bond donors (Lipinski definition) is 2. The van der Waals surface area contributed by atoms with Crippen LogP contribution in [0.1, 0.15) is 17.5 Å². The van der Waals surface area contributed by atoms with Crippen LogP contribution in [0.3, 0.4) is 0 Å². The maximum absolute atomic E-state index is 11.1. The molecule has 1 fully saturated rings. The summed E-state index contributed by atoms with van der Waals surface area (Å²) in [7, 11) is 0. The van der Waals surface area contributed by atoms with Gasteiger partial charge >= 0.3 is 0 Å². The van der Waals surface area contributed by atoms with Gasteiger partial charge in [0.05, 0.1) is 0 Å². The molecule has 1 heterocycles. The molecule has 0 aromatic heterocycles. The standard InChI is InChI=1S/C11H13N3O/c12-11(13)9-3-1-2-8(6-9)7-14-5-4-10(14)15/h1-3,6H,4-5,7H2,(H3,12,13). The number of carbonyl (C=O) groups is 1. The molecule has 0 saturated carbocycles. The van der Waals surface area contributed by atoms with E-state index in [1.807, 2.05) is 18.2 Å². The van der Waals surface area contributed by atoms with Crippen LogP contribution in [-0.4, -0.2) is 23.2 Å². The van der Waals surface area contributed by atoms with Gasteiger partial charge < -0.3 is 10.6 Å². The molecule has 0 radical (unpaired) electrons. The van der Waals surface area contributed by atoms with Crippen molar-refractivity contribution in [2.24, 2.45) is 5.73 Å². The van der Waals surface area contributed by atoms with Gasteiger partial charge in [-0.15, -0.1) is 0 Å². The number of nitrogen functional groups attached to an aromatic ring is 1. The second kappa shape index (κ2) is 3.73. The Kier molecular flexibility index (Phi) is 2.41. The predicted molar refractivity (Wildman–Crippen MR) is 57.5 cm³/mol. The summed E-state index contributed by atoms with van der Waals surface area (Å²) in [4.78, 5) is 12.9. The molecular formula is C11H13N3O. The maximum Gasteiger partial charge on any atom is 0.224 e. The molecular weight excluding hydrogens is 190 g/mol. The van der Waals surface area contributed by atoms with Gasteiger partial charge in [0.15, 0.2) is 0 Å². The third-order valence-electron chi connectivity index (χ3n) is 2.56. The zero-order valence-corrected chi connectivity index (χ0v) is 8.36. The average molecular weight is 203 g/mol. The van der Waals surface area contributed by atoms with Crippen molar-refractivity contribution >= 4 is 11.7 Å². The first-order chi connectivity index (χ1) is 7.16. The van der Waals surface area contributed by atoms with Crippen LogP contribution < -0.4 is 5.73 Å². The maximum atomic E-state index is 11.1. The van der Waals surface area contributed by atoms with Crippen LogP contribution in [0.25, 0.3) is 0 Å². The molecule has 0 aliphatic carbocycles. The molecule has 15 heavy (non-hydrogen) atoms. The third kappa shape index (κ3) is 1.98. The fourth-order valence-electron chi connectivity index (χ4n) is 1.59. The van der Waals surface area contributed by atoms with Gasteiger partial charge in [-0.1, -0.05) is 18.2 Å². The van der Waals surface area contributed by atoms with E-state index in [4.69, 9.17) is 11.1 Å². The Labute approximate surface area is 88.2 Å². The lowest BCUT2D eigenvalue weighted by Crippen LogP contribution is -2.42. The van der Waals surface area contributed by atoms with Crippen LogP contribution in [0.2, 0.25) is 0 Å². The number of amidine groups is 1. The summed E-state index contributed by atoms with van der Waals surface area (Å²) in [6, 6.07) is 7.45. The second-order valence-electron chi connectivity index (χ2n) is 3.68. The highest BCUT2D eigenvalue weighted by molar-refractivity contribution is 5.95. The van der Waals surface area contributed by atoms with E-state index < -0.39 is 0 Å². The summed E-state index contributed by atoms with van der Waals surface area (Å²) >= 11 is 0. The molecule has 78 valence electrons. The summed E-state index contributed by atoms with van der Waals surface area (Å²) < 4.78 is 0. The van der Waals surface area contributed by atoms with Crippen molar-refractivity contribution in [2.45, 2.75) is 13.0 Å². The highest BCUT2D eigenvalue weighted by Gasteiger charge is 2.23.